The fourth-order valence-corrected chi connectivity index (χ4v) is 2.48. The fourth-order valence-electron chi connectivity index (χ4n) is 2.48. The number of amides is 2. The third-order valence-corrected chi connectivity index (χ3v) is 3.89. The number of nitrogens with two attached hydrogens (primary N) is 1. The minimum atomic E-state index is -0.859. The predicted molar refractivity (Wildman–Crippen MR) is 91.5 cm³/mol. The van der Waals surface area contributed by atoms with Gasteiger partial charge in [-0.15, -0.1) is 12.4 Å². The molecule has 2 rings (SSSR count). The van der Waals surface area contributed by atoms with Crippen LogP contribution < -0.4 is 16.4 Å². The Morgan fingerprint density at radius 1 is 1.30 bits per heavy atom. The molecule has 4 N–H and O–H groups in total. The molecule has 0 spiro atoms. The summed E-state index contributed by atoms with van der Waals surface area (Å²) in [5, 5.41) is 5.69. The van der Waals surface area contributed by atoms with Crippen LogP contribution in [-0.4, -0.2) is 30.6 Å². The van der Waals surface area contributed by atoms with Gasteiger partial charge >= 0.3 is 0 Å². The van der Waals surface area contributed by atoms with Gasteiger partial charge in [-0.25, -0.2) is 0 Å². The first-order valence-electron chi connectivity index (χ1n) is 7.46. The number of carbonyl (C=O) groups is 2. The van der Waals surface area contributed by atoms with Crippen molar-refractivity contribution in [2.24, 2.45) is 5.73 Å². The van der Waals surface area contributed by atoms with E-state index in [2.05, 4.69) is 10.6 Å². The van der Waals surface area contributed by atoms with E-state index in [1.165, 1.54) is 6.92 Å². The zero-order valence-corrected chi connectivity index (χ0v) is 14.2. The first kappa shape index (κ1) is 19.4. The van der Waals surface area contributed by atoms with Crippen LogP contribution in [0.2, 0.25) is 0 Å². The first-order chi connectivity index (χ1) is 10.4. The van der Waals surface area contributed by atoms with Gasteiger partial charge in [-0.1, -0.05) is 12.1 Å². The van der Waals surface area contributed by atoms with Crippen molar-refractivity contribution in [2.75, 3.05) is 18.5 Å². The smallest absolute Gasteiger partial charge is 0.240 e. The van der Waals surface area contributed by atoms with E-state index in [1.54, 1.807) is 0 Å². The van der Waals surface area contributed by atoms with Crippen molar-refractivity contribution in [3.8, 4) is 0 Å². The molecule has 1 saturated heterocycles. The number of hydrogen-bond donors (Lipinski definition) is 3. The molecule has 2 amide bonds. The maximum absolute atomic E-state index is 12.4. The van der Waals surface area contributed by atoms with Crippen LogP contribution in [0.3, 0.4) is 0 Å². The van der Waals surface area contributed by atoms with Gasteiger partial charge in [0.2, 0.25) is 11.8 Å². The summed E-state index contributed by atoms with van der Waals surface area (Å²) in [6.45, 7) is 4.38. The fraction of sp³-hybridized carbons (Fsp3) is 0.500. The summed E-state index contributed by atoms with van der Waals surface area (Å²) < 4.78 is 5.26. The number of halogens is 1. The molecule has 0 aliphatic carbocycles. The summed E-state index contributed by atoms with van der Waals surface area (Å²) in [7, 11) is 0. The second kappa shape index (κ2) is 8.29. The number of nitrogens with one attached hydrogen (secondary N) is 2. The van der Waals surface area contributed by atoms with Crippen LogP contribution in [0.25, 0.3) is 0 Å². The second-order valence-corrected chi connectivity index (χ2v) is 5.77. The van der Waals surface area contributed by atoms with E-state index in [0.717, 1.165) is 5.56 Å². The molecule has 1 aromatic rings. The summed E-state index contributed by atoms with van der Waals surface area (Å²) in [4.78, 5) is 23.5. The SMILES string of the molecule is CC(=O)Nc1cccc(C(C)NC(=O)C2(N)CCOCC2)c1.Cl. The maximum Gasteiger partial charge on any atom is 0.240 e. The Bertz CT molecular complexity index is 559. The van der Waals surface area contributed by atoms with Crippen LogP contribution in [-0.2, 0) is 14.3 Å². The molecule has 1 unspecified atom stereocenters. The molecule has 1 aliphatic heterocycles. The molecule has 1 aliphatic rings. The van der Waals surface area contributed by atoms with Crippen LogP contribution in [0.15, 0.2) is 24.3 Å². The van der Waals surface area contributed by atoms with E-state index in [1.807, 2.05) is 31.2 Å². The van der Waals surface area contributed by atoms with E-state index in [9.17, 15) is 9.59 Å². The molecule has 0 radical (unpaired) electrons. The Labute approximate surface area is 142 Å². The Hall–Kier alpha value is -1.63. The van der Waals surface area contributed by atoms with Crippen LogP contribution >= 0.6 is 12.4 Å². The topological polar surface area (TPSA) is 93.5 Å². The van der Waals surface area contributed by atoms with Gasteiger partial charge in [-0.05, 0) is 37.5 Å². The Morgan fingerprint density at radius 3 is 2.57 bits per heavy atom. The average Bonchev–Trinajstić information content (AvgIpc) is 2.47. The maximum atomic E-state index is 12.4. The summed E-state index contributed by atoms with van der Waals surface area (Å²) in [5.74, 6) is -0.287. The molecule has 1 heterocycles. The number of anilines is 1. The zero-order chi connectivity index (χ0) is 16.2. The number of benzene rings is 1. The van der Waals surface area contributed by atoms with Gasteiger partial charge in [0.15, 0.2) is 0 Å². The molecule has 128 valence electrons. The van der Waals surface area contributed by atoms with Gasteiger partial charge in [0, 0.05) is 25.8 Å². The Balaban J connectivity index is 0.00000264. The van der Waals surface area contributed by atoms with Gasteiger partial charge in [0.1, 0.15) is 0 Å². The van der Waals surface area contributed by atoms with Crippen LogP contribution in [0, 0.1) is 0 Å². The zero-order valence-electron chi connectivity index (χ0n) is 13.4. The molecular weight excluding hydrogens is 318 g/mol. The Kier molecular flexibility index (Phi) is 7.00. The van der Waals surface area contributed by atoms with Crippen LogP contribution in [0.5, 0.6) is 0 Å². The quantitative estimate of drug-likeness (QED) is 0.777. The minimum absolute atomic E-state index is 0. The molecule has 0 saturated carbocycles. The second-order valence-electron chi connectivity index (χ2n) is 5.77. The number of ether oxygens (including phenoxy) is 1. The molecular formula is C16H24ClN3O3. The lowest BCUT2D eigenvalue weighted by Crippen LogP contribution is -2.57. The molecule has 1 atom stereocenters. The highest BCUT2D eigenvalue weighted by Gasteiger charge is 2.36. The van der Waals surface area contributed by atoms with Crippen molar-refractivity contribution < 1.29 is 14.3 Å². The number of rotatable bonds is 4. The van der Waals surface area contributed by atoms with Crippen LogP contribution in [0.1, 0.15) is 38.3 Å². The lowest BCUT2D eigenvalue weighted by molar-refractivity contribution is -0.130. The average molecular weight is 342 g/mol. The Morgan fingerprint density at radius 2 is 1.96 bits per heavy atom. The number of carbonyl (C=O) groups excluding carboxylic acids is 2. The summed E-state index contributed by atoms with van der Waals surface area (Å²) in [6, 6.07) is 7.21. The first-order valence-corrected chi connectivity index (χ1v) is 7.46. The summed E-state index contributed by atoms with van der Waals surface area (Å²) >= 11 is 0. The van der Waals surface area contributed by atoms with Crippen molar-refractivity contribution in [3.05, 3.63) is 29.8 Å². The monoisotopic (exact) mass is 341 g/mol. The van der Waals surface area contributed by atoms with E-state index >= 15 is 0 Å². The van der Waals surface area contributed by atoms with Crippen molar-refractivity contribution in [2.45, 2.75) is 38.3 Å². The normalized spacial score (nSPS) is 17.5. The molecule has 0 aromatic heterocycles. The summed E-state index contributed by atoms with van der Waals surface area (Å²) in [5.41, 5.74) is 6.94. The van der Waals surface area contributed by atoms with Gasteiger partial charge in [-0.3, -0.25) is 9.59 Å². The predicted octanol–water partition coefficient (Wildman–Crippen LogP) is 1.75. The highest BCUT2D eigenvalue weighted by atomic mass is 35.5. The lowest BCUT2D eigenvalue weighted by Gasteiger charge is -2.33. The van der Waals surface area contributed by atoms with Crippen molar-refractivity contribution >= 4 is 29.9 Å². The van der Waals surface area contributed by atoms with E-state index < -0.39 is 5.54 Å². The third kappa shape index (κ3) is 5.20. The standard InChI is InChI=1S/C16H23N3O3.ClH/c1-11(13-4-3-5-14(10-13)19-12(2)20)18-15(21)16(17)6-8-22-9-7-16;/h3-5,10-11H,6-9,17H2,1-2H3,(H,18,21)(H,19,20);1H. The van der Waals surface area contributed by atoms with Crippen LogP contribution in [0.4, 0.5) is 5.69 Å². The molecule has 1 aromatic carbocycles. The van der Waals surface area contributed by atoms with Gasteiger partial charge in [0.05, 0.1) is 11.6 Å². The van der Waals surface area contributed by atoms with Crippen molar-refractivity contribution in [1.82, 2.24) is 5.32 Å². The van der Waals surface area contributed by atoms with Gasteiger partial charge in [0.25, 0.3) is 0 Å². The molecule has 7 heteroatoms. The van der Waals surface area contributed by atoms with E-state index in [-0.39, 0.29) is 30.3 Å². The largest absolute Gasteiger partial charge is 0.381 e. The van der Waals surface area contributed by atoms with E-state index in [4.69, 9.17) is 10.5 Å². The molecule has 0 bridgehead atoms. The minimum Gasteiger partial charge on any atom is -0.381 e. The third-order valence-electron chi connectivity index (χ3n) is 3.89. The van der Waals surface area contributed by atoms with E-state index in [0.29, 0.717) is 31.7 Å². The van der Waals surface area contributed by atoms with Gasteiger partial charge < -0.3 is 21.1 Å². The van der Waals surface area contributed by atoms with Gasteiger partial charge in [-0.2, -0.15) is 0 Å². The molecule has 1 fully saturated rings. The molecule has 23 heavy (non-hydrogen) atoms. The highest BCUT2D eigenvalue weighted by Crippen LogP contribution is 2.21. The lowest BCUT2D eigenvalue weighted by atomic mass is 9.90. The number of hydrogen-bond acceptors (Lipinski definition) is 4. The van der Waals surface area contributed by atoms with Crippen molar-refractivity contribution in [1.29, 1.82) is 0 Å². The highest BCUT2D eigenvalue weighted by molar-refractivity contribution is 5.89. The summed E-state index contributed by atoms with van der Waals surface area (Å²) in [6.07, 6.45) is 1.05. The van der Waals surface area contributed by atoms with Crippen molar-refractivity contribution in [3.63, 3.8) is 0 Å². The molecule has 6 nitrogen and oxygen atoms in total.